The number of allylic oxidation sites excluding steroid dienone is 3. The Labute approximate surface area is 292 Å². The summed E-state index contributed by atoms with van der Waals surface area (Å²) in [6.45, 7) is 3.40. The van der Waals surface area contributed by atoms with E-state index in [2.05, 4.69) is 48.8 Å². The summed E-state index contributed by atoms with van der Waals surface area (Å²) in [5.41, 5.74) is 0. The molecule has 278 valence electrons. The van der Waals surface area contributed by atoms with Gasteiger partial charge in [0.05, 0.1) is 13.2 Å². The Bertz CT molecular complexity index is 874. The lowest BCUT2D eigenvalue weighted by molar-refractivity contribution is -0.147. The van der Waals surface area contributed by atoms with Gasteiger partial charge in [0.25, 0.3) is 0 Å². The zero-order valence-electron chi connectivity index (χ0n) is 30.5. The zero-order chi connectivity index (χ0) is 35.5. The number of amides is 2. The summed E-state index contributed by atoms with van der Waals surface area (Å²) in [4.78, 5) is 47.2. The number of rotatable bonds is 34. The third kappa shape index (κ3) is 30.6. The van der Waals surface area contributed by atoms with Crippen LogP contribution in [0.4, 0.5) is 0 Å². The number of hydrogen-bond acceptors (Lipinski definition) is 6. The maximum Gasteiger partial charge on any atom is 0.328 e. The minimum atomic E-state index is -1.38. The number of carbonyl (C=O) groups excluding carboxylic acids is 3. The molecule has 0 aliphatic rings. The largest absolute Gasteiger partial charge is 0.480 e. The first-order chi connectivity index (χ1) is 23.3. The van der Waals surface area contributed by atoms with Gasteiger partial charge in [0.2, 0.25) is 11.8 Å². The van der Waals surface area contributed by atoms with E-state index in [1.54, 1.807) is 0 Å². The normalized spacial score (nSPS) is 12.7. The van der Waals surface area contributed by atoms with Crippen molar-refractivity contribution in [2.45, 2.75) is 187 Å². The van der Waals surface area contributed by atoms with Crippen molar-refractivity contribution >= 4 is 23.8 Å². The van der Waals surface area contributed by atoms with Gasteiger partial charge in [0, 0.05) is 12.8 Å². The first kappa shape index (κ1) is 45.3. The van der Waals surface area contributed by atoms with Gasteiger partial charge in [-0.1, -0.05) is 122 Å². The highest BCUT2D eigenvalue weighted by Gasteiger charge is 2.18. The van der Waals surface area contributed by atoms with Gasteiger partial charge in [-0.05, 0) is 63.9 Å². The molecule has 0 fully saturated rings. The molecule has 0 aromatic carbocycles. The number of esters is 1. The monoisotopic (exact) mass is 679 g/mol. The SMILES string of the molecule is CCC/C=C\CCCCCCCC(=O)OC(/C=C\CCCCCCCCC)CCCCCCCCC(=O)NCC(=O)NC(CO)C(=O)O. The Balaban J connectivity index is 4.29. The quantitative estimate of drug-likeness (QED) is 0.0304. The van der Waals surface area contributed by atoms with Crippen molar-refractivity contribution in [1.82, 2.24) is 10.6 Å². The lowest BCUT2D eigenvalue weighted by Crippen LogP contribution is -2.47. The third-order valence-corrected chi connectivity index (χ3v) is 8.39. The van der Waals surface area contributed by atoms with E-state index in [0.29, 0.717) is 19.3 Å². The van der Waals surface area contributed by atoms with E-state index in [-0.39, 0.29) is 24.5 Å². The fraction of sp³-hybridized carbons (Fsp3) is 0.795. The van der Waals surface area contributed by atoms with Crippen LogP contribution in [0.2, 0.25) is 0 Å². The fourth-order valence-corrected chi connectivity index (χ4v) is 5.39. The minimum Gasteiger partial charge on any atom is -0.480 e. The maximum absolute atomic E-state index is 12.6. The molecule has 2 atom stereocenters. The van der Waals surface area contributed by atoms with Gasteiger partial charge >= 0.3 is 11.9 Å². The lowest BCUT2D eigenvalue weighted by atomic mass is 10.0. The van der Waals surface area contributed by atoms with Crippen LogP contribution in [0.25, 0.3) is 0 Å². The molecule has 0 aliphatic carbocycles. The smallest absolute Gasteiger partial charge is 0.328 e. The first-order valence-corrected chi connectivity index (χ1v) is 19.2. The number of aliphatic carboxylic acids is 1. The molecule has 0 spiro atoms. The molecule has 0 aliphatic heterocycles. The van der Waals surface area contributed by atoms with Gasteiger partial charge in [-0.2, -0.15) is 0 Å². The second-order valence-corrected chi connectivity index (χ2v) is 13.0. The summed E-state index contributed by atoms with van der Waals surface area (Å²) in [5, 5.41) is 22.5. The average molecular weight is 679 g/mol. The van der Waals surface area contributed by atoms with Crippen LogP contribution in [0.15, 0.2) is 24.3 Å². The van der Waals surface area contributed by atoms with Crippen LogP contribution in [-0.4, -0.2) is 59.3 Å². The topological polar surface area (TPSA) is 142 Å². The molecule has 0 aromatic heterocycles. The zero-order valence-corrected chi connectivity index (χ0v) is 30.5. The van der Waals surface area contributed by atoms with Crippen LogP contribution in [0.3, 0.4) is 0 Å². The molecule has 4 N–H and O–H groups in total. The van der Waals surface area contributed by atoms with E-state index in [0.717, 1.165) is 64.2 Å². The Morgan fingerprint density at radius 1 is 0.625 bits per heavy atom. The van der Waals surface area contributed by atoms with Crippen molar-refractivity contribution in [2.75, 3.05) is 13.2 Å². The molecule has 0 heterocycles. The standard InChI is InChI=1S/C39H70N2O7/c1-3-5-7-9-11-13-15-17-23-27-31-38(45)48-34(28-24-20-16-14-12-10-8-6-4-2)29-25-21-18-19-22-26-30-36(43)40-32-37(44)41-35(33-42)39(46)47/h7,9,24,28,34-35,42H,3-6,8,10-23,25-27,29-33H2,1-2H3,(H,40,43)(H,41,44)(H,46,47)/b9-7-,28-24-. The van der Waals surface area contributed by atoms with Crippen LogP contribution >= 0.6 is 0 Å². The molecule has 0 aromatic rings. The van der Waals surface area contributed by atoms with Crippen molar-refractivity contribution < 1.29 is 34.1 Å². The number of unbranched alkanes of at least 4 members (excludes halogenated alkanes) is 18. The molecule has 48 heavy (non-hydrogen) atoms. The van der Waals surface area contributed by atoms with Gasteiger partial charge in [0.15, 0.2) is 0 Å². The number of aliphatic hydroxyl groups excluding tert-OH is 1. The van der Waals surface area contributed by atoms with E-state index >= 15 is 0 Å². The van der Waals surface area contributed by atoms with Crippen LogP contribution in [0, 0.1) is 0 Å². The fourth-order valence-electron chi connectivity index (χ4n) is 5.39. The van der Waals surface area contributed by atoms with Crippen molar-refractivity contribution in [1.29, 1.82) is 0 Å². The molecule has 2 amide bonds. The third-order valence-electron chi connectivity index (χ3n) is 8.39. The van der Waals surface area contributed by atoms with E-state index in [1.807, 2.05) is 0 Å². The second kappa shape index (κ2) is 34.2. The van der Waals surface area contributed by atoms with Crippen LogP contribution in [-0.2, 0) is 23.9 Å². The van der Waals surface area contributed by atoms with Crippen molar-refractivity contribution in [2.24, 2.45) is 0 Å². The van der Waals surface area contributed by atoms with Gasteiger partial charge in [-0.25, -0.2) is 4.79 Å². The van der Waals surface area contributed by atoms with Gasteiger partial charge in [-0.15, -0.1) is 0 Å². The molecule has 0 saturated heterocycles. The highest BCUT2D eigenvalue weighted by atomic mass is 16.5. The van der Waals surface area contributed by atoms with Crippen LogP contribution in [0.1, 0.15) is 174 Å². The summed E-state index contributed by atoms with van der Waals surface area (Å²) in [6, 6.07) is -1.38. The van der Waals surface area contributed by atoms with Crippen LogP contribution in [0.5, 0.6) is 0 Å². The molecule has 9 heteroatoms. The summed E-state index contributed by atoms with van der Waals surface area (Å²) in [7, 11) is 0. The van der Waals surface area contributed by atoms with E-state index in [9.17, 15) is 19.2 Å². The number of hydrogen-bond donors (Lipinski definition) is 4. The Morgan fingerprint density at radius 3 is 1.77 bits per heavy atom. The number of ether oxygens (including phenoxy) is 1. The van der Waals surface area contributed by atoms with Crippen LogP contribution < -0.4 is 10.6 Å². The number of carboxylic acids is 1. The van der Waals surface area contributed by atoms with E-state index in [4.69, 9.17) is 14.9 Å². The van der Waals surface area contributed by atoms with E-state index in [1.165, 1.54) is 77.0 Å². The number of nitrogens with one attached hydrogen (secondary N) is 2. The predicted molar refractivity (Wildman–Crippen MR) is 195 cm³/mol. The Morgan fingerprint density at radius 2 is 1.17 bits per heavy atom. The number of aliphatic hydroxyl groups is 1. The van der Waals surface area contributed by atoms with Gasteiger partial charge in [0.1, 0.15) is 12.1 Å². The Hall–Kier alpha value is -2.68. The molecule has 0 saturated carbocycles. The highest BCUT2D eigenvalue weighted by Crippen LogP contribution is 2.16. The highest BCUT2D eigenvalue weighted by molar-refractivity contribution is 5.87. The Kier molecular flexibility index (Phi) is 32.3. The van der Waals surface area contributed by atoms with Crippen molar-refractivity contribution in [3.05, 3.63) is 24.3 Å². The van der Waals surface area contributed by atoms with Crippen molar-refractivity contribution in [3.63, 3.8) is 0 Å². The molecule has 0 bridgehead atoms. The molecule has 0 radical (unpaired) electrons. The average Bonchev–Trinajstić information content (AvgIpc) is 3.07. The van der Waals surface area contributed by atoms with Gasteiger partial charge < -0.3 is 25.6 Å². The number of carbonyl (C=O) groups is 4. The summed E-state index contributed by atoms with van der Waals surface area (Å²) >= 11 is 0. The maximum atomic E-state index is 12.6. The minimum absolute atomic E-state index is 0.0890. The number of carboxylic acid groups (broad SMARTS) is 1. The summed E-state index contributed by atoms with van der Waals surface area (Å²) < 4.78 is 5.91. The summed E-state index contributed by atoms with van der Waals surface area (Å²) in [6.07, 6.45) is 35.1. The van der Waals surface area contributed by atoms with Crippen molar-refractivity contribution in [3.8, 4) is 0 Å². The van der Waals surface area contributed by atoms with Gasteiger partial charge in [-0.3, -0.25) is 14.4 Å². The molecule has 0 rings (SSSR count). The van der Waals surface area contributed by atoms with E-state index < -0.39 is 24.5 Å². The molecule has 9 nitrogen and oxygen atoms in total. The second-order valence-electron chi connectivity index (χ2n) is 13.0. The lowest BCUT2D eigenvalue weighted by Gasteiger charge is -2.15. The predicted octanol–water partition coefficient (Wildman–Crippen LogP) is 8.48. The summed E-state index contributed by atoms with van der Waals surface area (Å²) in [5.74, 6) is -2.33. The first-order valence-electron chi connectivity index (χ1n) is 19.2. The molecular formula is C39H70N2O7. The molecular weight excluding hydrogens is 608 g/mol. The molecule has 2 unspecified atom stereocenters.